The minimum Gasteiger partial charge on any atom is -0.488 e. The second-order valence-corrected chi connectivity index (χ2v) is 5.25. The van der Waals surface area contributed by atoms with E-state index in [2.05, 4.69) is 27.3 Å². The van der Waals surface area contributed by atoms with E-state index in [0.717, 1.165) is 28.9 Å². The van der Waals surface area contributed by atoms with E-state index in [4.69, 9.17) is 21.1 Å². The first-order chi connectivity index (χ1) is 9.17. The summed E-state index contributed by atoms with van der Waals surface area (Å²) < 4.78 is 11.6. The molecule has 0 saturated carbocycles. The summed E-state index contributed by atoms with van der Waals surface area (Å²) in [5, 5.41) is 3.30. The first-order valence-electron chi connectivity index (χ1n) is 6.04. The van der Waals surface area contributed by atoms with Crippen molar-refractivity contribution in [2.24, 2.45) is 0 Å². The van der Waals surface area contributed by atoms with Crippen LogP contribution in [0.15, 0.2) is 33.8 Å². The fourth-order valence-electron chi connectivity index (χ4n) is 1.40. The van der Waals surface area contributed by atoms with Gasteiger partial charge in [0.1, 0.15) is 12.4 Å². The van der Waals surface area contributed by atoms with Gasteiger partial charge in [0.05, 0.1) is 11.1 Å². The first kappa shape index (κ1) is 16.5. The smallest absolute Gasteiger partial charge is 0.133 e. The Morgan fingerprint density at radius 3 is 2.89 bits per heavy atom. The Balaban J connectivity index is 2.49. The third-order valence-corrected chi connectivity index (χ3v) is 3.44. The van der Waals surface area contributed by atoms with Crippen LogP contribution >= 0.6 is 27.5 Å². The number of ether oxygens (including phenoxy) is 2. The number of hydrogen-bond donors (Lipinski definition) is 1. The van der Waals surface area contributed by atoms with E-state index in [1.807, 2.05) is 19.1 Å². The van der Waals surface area contributed by atoms with Crippen LogP contribution in [0, 0.1) is 0 Å². The Hall–Kier alpha value is -0.550. The molecule has 0 bridgehead atoms. The van der Waals surface area contributed by atoms with Gasteiger partial charge in [-0.1, -0.05) is 17.7 Å². The van der Waals surface area contributed by atoms with Crippen LogP contribution in [-0.4, -0.2) is 26.9 Å². The summed E-state index contributed by atoms with van der Waals surface area (Å²) in [6, 6.07) is 6.05. The standard InChI is InChI=1S/C14H19BrClNO2/c1-11(8-16)10-19-14-4-3-12(7-13(14)15)9-17-5-6-18-2/h3-4,7-8,17H,5-6,9-10H2,1-2H3/b11-8+. The summed E-state index contributed by atoms with van der Waals surface area (Å²) in [6.45, 7) is 4.78. The molecule has 0 spiro atoms. The van der Waals surface area contributed by atoms with Crippen LogP contribution in [0.1, 0.15) is 12.5 Å². The highest BCUT2D eigenvalue weighted by molar-refractivity contribution is 9.10. The summed E-state index contributed by atoms with van der Waals surface area (Å²) in [5.74, 6) is 0.818. The number of hydrogen-bond acceptors (Lipinski definition) is 3. The number of methoxy groups -OCH3 is 1. The molecule has 106 valence electrons. The van der Waals surface area contributed by atoms with Crippen molar-refractivity contribution in [2.45, 2.75) is 13.5 Å². The molecular weight excluding hydrogens is 330 g/mol. The zero-order valence-electron chi connectivity index (χ0n) is 11.2. The molecule has 19 heavy (non-hydrogen) atoms. The van der Waals surface area contributed by atoms with E-state index < -0.39 is 0 Å². The van der Waals surface area contributed by atoms with Crippen molar-refractivity contribution in [3.8, 4) is 5.75 Å². The van der Waals surface area contributed by atoms with Gasteiger partial charge in [-0.2, -0.15) is 0 Å². The van der Waals surface area contributed by atoms with E-state index in [-0.39, 0.29) is 0 Å². The molecule has 1 N–H and O–H groups in total. The molecule has 0 aliphatic carbocycles. The van der Waals surface area contributed by atoms with Crippen LogP contribution in [0.25, 0.3) is 0 Å². The minimum atomic E-state index is 0.494. The maximum absolute atomic E-state index is 5.65. The van der Waals surface area contributed by atoms with Gasteiger partial charge in [0.25, 0.3) is 0 Å². The van der Waals surface area contributed by atoms with Crippen LogP contribution in [0.4, 0.5) is 0 Å². The SMILES string of the molecule is COCCNCc1ccc(OC/C(C)=C/Cl)c(Br)c1. The minimum absolute atomic E-state index is 0.494. The second kappa shape index (κ2) is 9.37. The topological polar surface area (TPSA) is 30.5 Å². The van der Waals surface area contributed by atoms with Gasteiger partial charge in [0, 0.05) is 25.7 Å². The Morgan fingerprint density at radius 1 is 1.47 bits per heavy atom. The van der Waals surface area contributed by atoms with Crippen LogP contribution in [-0.2, 0) is 11.3 Å². The third-order valence-electron chi connectivity index (χ3n) is 2.45. The normalized spacial score (nSPS) is 11.7. The molecule has 1 rings (SSSR count). The van der Waals surface area contributed by atoms with E-state index in [1.165, 1.54) is 11.1 Å². The fourth-order valence-corrected chi connectivity index (χ4v) is 2.01. The fraction of sp³-hybridized carbons (Fsp3) is 0.429. The molecule has 0 heterocycles. The number of halogens is 2. The molecule has 0 aliphatic heterocycles. The third kappa shape index (κ3) is 6.43. The molecule has 3 nitrogen and oxygen atoms in total. The molecule has 0 unspecified atom stereocenters. The van der Waals surface area contributed by atoms with Crippen molar-refractivity contribution < 1.29 is 9.47 Å². The zero-order valence-corrected chi connectivity index (χ0v) is 13.6. The van der Waals surface area contributed by atoms with E-state index in [1.54, 1.807) is 7.11 Å². The van der Waals surface area contributed by atoms with Gasteiger partial charge in [-0.25, -0.2) is 0 Å². The highest BCUT2D eigenvalue weighted by Gasteiger charge is 2.03. The number of benzene rings is 1. The highest BCUT2D eigenvalue weighted by Crippen LogP contribution is 2.26. The molecule has 0 radical (unpaired) electrons. The Labute approximate surface area is 128 Å². The molecule has 0 amide bonds. The van der Waals surface area contributed by atoms with Crippen LogP contribution in [0.2, 0.25) is 0 Å². The molecule has 1 aromatic carbocycles. The van der Waals surface area contributed by atoms with Gasteiger partial charge < -0.3 is 14.8 Å². The highest BCUT2D eigenvalue weighted by atomic mass is 79.9. The summed E-state index contributed by atoms with van der Waals surface area (Å²) >= 11 is 9.11. The lowest BCUT2D eigenvalue weighted by Crippen LogP contribution is -2.18. The monoisotopic (exact) mass is 347 g/mol. The molecule has 0 aromatic heterocycles. The summed E-state index contributed by atoms with van der Waals surface area (Å²) in [6.07, 6.45) is 0. The molecule has 0 saturated heterocycles. The van der Waals surface area contributed by atoms with E-state index in [0.29, 0.717) is 13.2 Å². The van der Waals surface area contributed by atoms with Crippen molar-refractivity contribution in [1.82, 2.24) is 5.32 Å². The average molecular weight is 349 g/mol. The predicted molar refractivity (Wildman–Crippen MR) is 82.8 cm³/mol. The van der Waals surface area contributed by atoms with Crippen LogP contribution in [0.5, 0.6) is 5.75 Å². The van der Waals surface area contributed by atoms with Crippen molar-refractivity contribution >= 4 is 27.5 Å². The van der Waals surface area contributed by atoms with Crippen molar-refractivity contribution in [3.05, 3.63) is 39.3 Å². The largest absolute Gasteiger partial charge is 0.488 e. The van der Waals surface area contributed by atoms with Gasteiger partial charge in [0.15, 0.2) is 0 Å². The maximum Gasteiger partial charge on any atom is 0.133 e. The lowest BCUT2D eigenvalue weighted by Gasteiger charge is -2.10. The average Bonchev–Trinajstić information content (AvgIpc) is 2.42. The molecule has 0 aliphatic rings. The molecule has 5 heteroatoms. The van der Waals surface area contributed by atoms with Crippen LogP contribution in [0.3, 0.4) is 0 Å². The Bertz CT molecular complexity index is 424. The lowest BCUT2D eigenvalue weighted by atomic mass is 10.2. The number of nitrogens with one attached hydrogen (secondary N) is 1. The molecule has 0 atom stereocenters. The quantitative estimate of drug-likeness (QED) is 0.727. The van der Waals surface area contributed by atoms with Gasteiger partial charge >= 0.3 is 0 Å². The molecule has 1 aromatic rings. The van der Waals surface area contributed by atoms with Crippen molar-refractivity contribution in [1.29, 1.82) is 0 Å². The van der Waals surface area contributed by atoms with E-state index >= 15 is 0 Å². The van der Waals surface area contributed by atoms with Gasteiger partial charge in [-0.15, -0.1) is 0 Å². The summed E-state index contributed by atoms with van der Waals surface area (Å²) in [5.41, 5.74) is 3.71. The van der Waals surface area contributed by atoms with Gasteiger partial charge in [0.2, 0.25) is 0 Å². The number of rotatable bonds is 8. The predicted octanol–water partition coefficient (Wildman–Crippen LogP) is 3.71. The van der Waals surface area contributed by atoms with E-state index in [9.17, 15) is 0 Å². The van der Waals surface area contributed by atoms with Crippen molar-refractivity contribution in [2.75, 3.05) is 26.9 Å². The Kier molecular flexibility index (Phi) is 8.14. The second-order valence-electron chi connectivity index (χ2n) is 4.18. The summed E-state index contributed by atoms with van der Waals surface area (Å²) in [7, 11) is 1.70. The van der Waals surface area contributed by atoms with Gasteiger partial charge in [-0.05, 0) is 46.1 Å². The maximum atomic E-state index is 5.65. The Morgan fingerprint density at radius 2 is 2.26 bits per heavy atom. The summed E-state index contributed by atoms with van der Waals surface area (Å²) in [4.78, 5) is 0. The zero-order chi connectivity index (χ0) is 14.1. The van der Waals surface area contributed by atoms with Crippen LogP contribution < -0.4 is 10.1 Å². The first-order valence-corrected chi connectivity index (χ1v) is 7.27. The van der Waals surface area contributed by atoms with Crippen molar-refractivity contribution in [3.63, 3.8) is 0 Å². The molecule has 0 fully saturated rings. The molecular formula is C14H19BrClNO2. The lowest BCUT2D eigenvalue weighted by molar-refractivity contribution is 0.199. The van der Waals surface area contributed by atoms with Gasteiger partial charge in [-0.3, -0.25) is 0 Å².